The Balaban J connectivity index is 1.39. The fourth-order valence-corrected chi connectivity index (χ4v) is 3.96. The molecule has 0 aliphatic rings. The first-order valence-corrected chi connectivity index (χ1v) is 10.2. The van der Waals surface area contributed by atoms with Crippen molar-refractivity contribution >= 4 is 51.0 Å². The number of nitrogens with zero attached hydrogens (tertiary/aromatic N) is 1. The molecule has 4 aromatic rings. The molecule has 0 unspecified atom stereocenters. The van der Waals surface area contributed by atoms with E-state index in [-0.39, 0.29) is 6.42 Å². The van der Waals surface area contributed by atoms with Crippen molar-refractivity contribution in [3.05, 3.63) is 87.6 Å². The molecule has 4 rings (SSSR count). The van der Waals surface area contributed by atoms with Crippen LogP contribution in [0.15, 0.2) is 65.2 Å². The predicted molar refractivity (Wildman–Crippen MR) is 115 cm³/mol. The second-order valence-electron chi connectivity index (χ2n) is 6.66. The van der Waals surface area contributed by atoms with Crippen molar-refractivity contribution in [2.24, 2.45) is 0 Å². The first kappa shape index (κ1) is 21.1. The summed E-state index contributed by atoms with van der Waals surface area (Å²) in [6.45, 7) is 0. The summed E-state index contributed by atoms with van der Waals surface area (Å²) >= 11 is 7.15. The molecule has 0 atom stereocenters. The van der Waals surface area contributed by atoms with E-state index in [4.69, 9.17) is 16.0 Å². The fourth-order valence-electron chi connectivity index (χ4n) is 2.93. The Morgan fingerprint density at radius 3 is 2.84 bits per heavy atom. The van der Waals surface area contributed by atoms with Crippen molar-refractivity contribution in [3.63, 3.8) is 0 Å². The zero-order chi connectivity index (χ0) is 22.0. The van der Waals surface area contributed by atoms with E-state index in [0.29, 0.717) is 27.1 Å². The van der Waals surface area contributed by atoms with Gasteiger partial charge < -0.3 is 4.42 Å². The van der Waals surface area contributed by atoms with Crippen LogP contribution in [-0.4, -0.2) is 10.9 Å². The molecule has 9 heteroatoms. The molecule has 1 N–H and O–H groups in total. The number of hydrogen-bond acceptors (Lipinski definition) is 4. The standard InChI is InChI=1S/C22H14ClF3N2O2S/c23-16-4-6-19-14(10-16)11-17(30-19)5-7-20(29)28-21-27-12-18(31-21)9-13-2-1-3-15(8-13)22(24,25)26/h1-8,10-12H,9H2,(H,27,28,29). The third kappa shape index (κ3) is 5.34. The van der Waals surface area contributed by atoms with E-state index >= 15 is 0 Å². The van der Waals surface area contributed by atoms with Crippen molar-refractivity contribution in [1.29, 1.82) is 0 Å². The maximum Gasteiger partial charge on any atom is 0.416 e. The van der Waals surface area contributed by atoms with Gasteiger partial charge in [-0.05, 0) is 42.0 Å². The number of carbonyl (C=O) groups excluding carboxylic acids is 1. The van der Waals surface area contributed by atoms with Crippen LogP contribution >= 0.6 is 22.9 Å². The van der Waals surface area contributed by atoms with Gasteiger partial charge >= 0.3 is 6.18 Å². The van der Waals surface area contributed by atoms with Crippen LogP contribution in [0.5, 0.6) is 0 Å². The summed E-state index contributed by atoms with van der Waals surface area (Å²) in [6.07, 6.45) is 0.275. The summed E-state index contributed by atoms with van der Waals surface area (Å²) in [5.74, 6) is 0.0928. The first-order chi connectivity index (χ1) is 14.8. The summed E-state index contributed by atoms with van der Waals surface area (Å²) in [7, 11) is 0. The largest absolute Gasteiger partial charge is 0.457 e. The maximum absolute atomic E-state index is 12.9. The van der Waals surface area contributed by atoms with Crippen LogP contribution < -0.4 is 5.32 Å². The second kappa shape index (κ2) is 8.56. The van der Waals surface area contributed by atoms with E-state index in [0.717, 1.165) is 22.4 Å². The number of alkyl halides is 3. The molecule has 0 fully saturated rings. The summed E-state index contributed by atoms with van der Waals surface area (Å²) in [5.41, 5.74) is 0.478. The van der Waals surface area contributed by atoms with Crippen molar-refractivity contribution < 1.29 is 22.4 Å². The van der Waals surface area contributed by atoms with Gasteiger partial charge in [0.2, 0.25) is 5.91 Å². The number of benzene rings is 2. The highest BCUT2D eigenvalue weighted by Gasteiger charge is 2.30. The number of rotatable bonds is 5. The molecule has 0 spiro atoms. The third-order valence-corrected chi connectivity index (χ3v) is 5.46. The van der Waals surface area contributed by atoms with Gasteiger partial charge in [-0.3, -0.25) is 10.1 Å². The zero-order valence-corrected chi connectivity index (χ0v) is 17.3. The maximum atomic E-state index is 12.9. The van der Waals surface area contributed by atoms with Gasteiger partial charge in [0.15, 0.2) is 5.13 Å². The zero-order valence-electron chi connectivity index (χ0n) is 15.7. The van der Waals surface area contributed by atoms with Crippen molar-refractivity contribution in [3.8, 4) is 0 Å². The van der Waals surface area contributed by atoms with E-state index in [2.05, 4.69) is 10.3 Å². The molecule has 2 aromatic carbocycles. The minimum atomic E-state index is -4.39. The smallest absolute Gasteiger partial charge is 0.416 e. The normalized spacial score (nSPS) is 12.0. The number of nitrogens with one attached hydrogen (secondary N) is 1. The second-order valence-corrected chi connectivity index (χ2v) is 8.21. The molecule has 0 aliphatic carbocycles. The number of halogens is 4. The van der Waals surface area contributed by atoms with E-state index in [1.165, 1.54) is 35.8 Å². The first-order valence-electron chi connectivity index (χ1n) is 9.05. The highest BCUT2D eigenvalue weighted by molar-refractivity contribution is 7.15. The topological polar surface area (TPSA) is 55.1 Å². The lowest BCUT2D eigenvalue weighted by Gasteiger charge is -2.07. The molecule has 0 saturated heterocycles. The number of furan rings is 1. The van der Waals surface area contributed by atoms with Gasteiger partial charge in [-0.25, -0.2) is 4.98 Å². The summed E-state index contributed by atoms with van der Waals surface area (Å²) in [5, 5.41) is 4.41. The quantitative estimate of drug-likeness (QED) is 0.332. The Morgan fingerprint density at radius 1 is 1.19 bits per heavy atom. The summed E-state index contributed by atoms with van der Waals surface area (Å²) < 4.78 is 44.2. The van der Waals surface area contributed by atoms with Crippen molar-refractivity contribution in [2.45, 2.75) is 12.6 Å². The van der Waals surface area contributed by atoms with Crippen molar-refractivity contribution in [2.75, 3.05) is 5.32 Å². The van der Waals surface area contributed by atoms with Gasteiger partial charge in [0.1, 0.15) is 11.3 Å². The lowest BCUT2D eigenvalue weighted by Crippen LogP contribution is -2.06. The average molecular weight is 463 g/mol. The predicted octanol–water partition coefficient (Wildman–Crippen LogP) is 6.80. The molecule has 31 heavy (non-hydrogen) atoms. The number of thiazole rings is 1. The van der Waals surface area contributed by atoms with Crippen LogP contribution in [0.1, 0.15) is 21.8 Å². The summed E-state index contributed by atoms with van der Waals surface area (Å²) in [6, 6.07) is 12.1. The molecule has 0 bridgehead atoms. The molecule has 158 valence electrons. The van der Waals surface area contributed by atoms with E-state index in [1.807, 2.05) is 0 Å². The Kier molecular flexibility index (Phi) is 5.84. The number of aromatic nitrogens is 1. The van der Waals surface area contributed by atoms with Crippen LogP contribution in [0.4, 0.5) is 18.3 Å². The molecular formula is C22H14ClF3N2O2S. The van der Waals surface area contributed by atoms with Gasteiger partial charge in [0.25, 0.3) is 0 Å². The highest BCUT2D eigenvalue weighted by atomic mass is 35.5. The monoisotopic (exact) mass is 462 g/mol. The van der Waals surface area contributed by atoms with E-state index < -0.39 is 17.6 Å². The Morgan fingerprint density at radius 2 is 2.03 bits per heavy atom. The number of carbonyl (C=O) groups is 1. The lowest BCUT2D eigenvalue weighted by atomic mass is 10.1. The van der Waals surface area contributed by atoms with Crippen LogP contribution in [0.25, 0.3) is 17.0 Å². The van der Waals surface area contributed by atoms with Crippen LogP contribution in [0.3, 0.4) is 0 Å². The van der Waals surface area contributed by atoms with Gasteiger partial charge in [-0.2, -0.15) is 13.2 Å². The minimum absolute atomic E-state index is 0.287. The minimum Gasteiger partial charge on any atom is -0.457 e. The van der Waals surface area contributed by atoms with Crippen molar-refractivity contribution in [1.82, 2.24) is 4.98 Å². The SMILES string of the molecule is O=C(C=Cc1cc2cc(Cl)ccc2o1)Nc1ncc(Cc2cccc(C(F)(F)F)c2)s1. The number of hydrogen-bond donors (Lipinski definition) is 1. The molecular weight excluding hydrogens is 449 g/mol. The lowest BCUT2D eigenvalue weighted by molar-refractivity contribution is -0.137. The van der Waals surface area contributed by atoms with Crippen LogP contribution in [0.2, 0.25) is 5.02 Å². The Labute approximate surface area is 184 Å². The molecule has 0 saturated carbocycles. The van der Waals surface area contributed by atoms with Crippen LogP contribution in [0, 0.1) is 0 Å². The molecule has 2 heterocycles. The molecule has 0 radical (unpaired) electrons. The molecule has 2 aromatic heterocycles. The van der Waals surface area contributed by atoms with Crippen LogP contribution in [-0.2, 0) is 17.4 Å². The van der Waals surface area contributed by atoms with Gasteiger partial charge in [0, 0.05) is 34.0 Å². The van der Waals surface area contributed by atoms with Gasteiger partial charge in [0.05, 0.1) is 5.56 Å². The fraction of sp³-hybridized carbons (Fsp3) is 0.0909. The van der Waals surface area contributed by atoms with Gasteiger partial charge in [-0.1, -0.05) is 29.8 Å². The number of anilines is 1. The average Bonchev–Trinajstić information content (AvgIpc) is 3.32. The summed E-state index contributed by atoms with van der Waals surface area (Å²) in [4.78, 5) is 17.0. The molecule has 4 nitrogen and oxygen atoms in total. The molecule has 0 aliphatic heterocycles. The molecule has 1 amide bonds. The highest BCUT2D eigenvalue weighted by Crippen LogP contribution is 2.30. The Bertz CT molecular complexity index is 1280. The number of fused-ring (bicyclic) bond motifs is 1. The number of amides is 1. The van der Waals surface area contributed by atoms with E-state index in [9.17, 15) is 18.0 Å². The Hall–Kier alpha value is -3.10. The van der Waals surface area contributed by atoms with E-state index in [1.54, 1.807) is 30.3 Å². The third-order valence-electron chi connectivity index (χ3n) is 4.31. The van der Waals surface area contributed by atoms with Gasteiger partial charge in [-0.15, -0.1) is 11.3 Å².